The molecule has 0 unspecified atom stereocenters. The molecule has 252 valence electrons. The summed E-state index contributed by atoms with van der Waals surface area (Å²) in [7, 11) is 2.96. The first-order valence-corrected chi connectivity index (χ1v) is 14.8. The van der Waals surface area contributed by atoms with Crippen LogP contribution in [-0.4, -0.2) is 67.9 Å². The number of carbonyl (C=O) groups excluding carboxylic acids is 2. The smallest absolute Gasteiger partial charge is 0.349 e. The molecule has 2 aromatic heterocycles. The number of anilines is 2. The molecule has 0 bridgehead atoms. The first kappa shape index (κ1) is 37.5. The third-order valence-corrected chi connectivity index (χ3v) is 6.58. The van der Waals surface area contributed by atoms with Gasteiger partial charge in [0.05, 0.1) is 13.1 Å². The Morgan fingerprint density at radius 3 is 1.48 bits per heavy atom. The largest absolute Gasteiger partial charge is 0.367 e. The minimum Gasteiger partial charge on any atom is -0.367 e. The molecule has 0 saturated carbocycles. The first-order chi connectivity index (χ1) is 22.9. The summed E-state index contributed by atoms with van der Waals surface area (Å²) in [5.74, 6) is -0.610. The van der Waals surface area contributed by atoms with Crippen molar-refractivity contribution in [3.8, 4) is 0 Å². The van der Waals surface area contributed by atoms with Crippen LogP contribution in [0.5, 0.6) is 0 Å². The Morgan fingerprint density at radius 2 is 1.12 bits per heavy atom. The highest BCUT2D eigenvalue weighted by Crippen LogP contribution is 2.12. The lowest BCUT2D eigenvalue weighted by molar-refractivity contribution is -0.112. The predicted octanol–water partition coefficient (Wildman–Crippen LogP) is 3.03. The fourth-order valence-electron chi connectivity index (χ4n) is 3.68. The van der Waals surface area contributed by atoms with E-state index < -0.39 is 35.8 Å². The van der Waals surface area contributed by atoms with Gasteiger partial charge in [-0.05, 0) is 59.7 Å². The molecule has 2 heterocycles. The Kier molecular flexibility index (Phi) is 14.8. The van der Waals surface area contributed by atoms with Gasteiger partial charge in [-0.25, -0.2) is 9.59 Å². The van der Waals surface area contributed by atoms with Crippen molar-refractivity contribution in [3.63, 3.8) is 0 Å². The van der Waals surface area contributed by atoms with Crippen LogP contribution in [0.3, 0.4) is 0 Å². The molecule has 0 fully saturated rings. The number of hydrogen-bond donors (Lipinski definition) is 4. The number of hydrogen-bond acceptors (Lipinski definition) is 10. The van der Waals surface area contributed by atoms with E-state index in [9.17, 15) is 19.2 Å². The fraction of sp³-hybridized carbons (Fsp3) is 0.188. The molecule has 0 atom stereocenters. The molecule has 2 aromatic carbocycles. The van der Waals surface area contributed by atoms with Gasteiger partial charge in [0.2, 0.25) is 11.8 Å². The number of ether oxygens (including phenoxy) is 2. The average molecular weight is 700 g/mol. The number of benzene rings is 2. The molecule has 0 saturated heterocycles. The van der Waals surface area contributed by atoms with Crippen molar-refractivity contribution >= 4 is 58.8 Å². The number of aromatic nitrogens is 4. The van der Waals surface area contributed by atoms with Gasteiger partial charge in [0.1, 0.15) is 11.6 Å². The molecular weight excluding hydrogens is 667 g/mol. The SMILES string of the molecule is COC(Cn1ccc(NC(=O)/C=C/c2ccc(Cl)cc2)nc1=O)OC.O=C(/C=C/c1ccc(Cl)cc1)Nc1ccn(CC(O)O)c(=O)n1. The van der Waals surface area contributed by atoms with Crippen LogP contribution in [-0.2, 0) is 32.2 Å². The molecule has 4 N–H and O–H groups in total. The van der Waals surface area contributed by atoms with Crippen LogP contribution in [0.15, 0.2) is 94.8 Å². The third-order valence-electron chi connectivity index (χ3n) is 6.08. The molecule has 4 rings (SSSR count). The molecule has 48 heavy (non-hydrogen) atoms. The van der Waals surface area contributed by atoms with Gasteiger partial charge in [-0.15, -0.1) is 0 Å². The van der Waals surface area contributed by atoms with Crippen molar-refractivity contribution < 1.29 is 29.3 Å². The summed E-state index contributed by atoms with van der Waals surface area (Å²) in [4.78, 5) is 54.7. The number of halogens is 2. The Morgan fingerprint density at radius 1 is 0.729 bits per heavy atom. The monoisotopic (exact) mass is 698 g/mol. The van der Waals surface area contributed by atoms with Crippen LogP contribution in [0.2, 0.25) is 10.0 Å². The predicted molar refractivity (Wildman–Crippen MR) is 181 cm³/mol. The van der Waals surface area contributed by atoms with E-state index >= 15 is 0 Å². The fourth-order valence-corrected chi connectivity index (χ4v) is 3.94. The lowest BCUT2D eigenvalue weighted by Crippen LogP contribution is -2.30. The van der Waals surface area contributed by atoms with E-state index in [0.29, 0.717) is 10.0 Å². The van der Waals surface area contributed by atoms with Gasteiger partial charge in [-0.2, -0.15) is 9.97 Å². The van der Waals surface area contributed by atoms with Crippen LogP contribution in [0, 0.1) is 0 Å². The minimum absolute atomic E-state index is 0.0736. The molecule has 0 aliphatic rings. The van der Waals surface area contributed by atoms with Crippen LogP contribution < -0.4 is 22.0 Å². The number of amides is 2. The lowest BCUT2D eigenvalue weighted by atomic mass is 10.2. The third kappa shape index (κ3) is 13.0. The molecule has 0 aliphatic heterocycles. The molecule has 0 aliphatic carbocycles. The maximum Gasteiger partial charge on any atom is 0.349 e. The van der Waals surface area contributed by atoms with Gasteiger partial charge < -0.3 is 30.3 Å². The van der Waals surface area contributed by atoms with Crippen molar-refractivity contribution in [2.75, 3.05) is 24.9 Å². The van der Waals surface area contributed by atoms with Gasteiger partial charge in [0.15, 0.2) is 12.6 Å². The minimum atomic E-state index is -1.66. The average Bonchev–Trinajstić information content (AvgIpc) is 3.05. The zero-order chi connectivity index (χ0) is 35.1. The van der Waals surface area contributed by atoms with Gasteiger partial charge in [-0.3, -0.25) is 18.7 Å². The second-order valence-corrected chi connectivity index (χ2v) is 10.5. The summed E-state index contributed by atoms with van der Waals surface area (Å²) in [6.07, 6.45) is 6.49. The van der Waals surface area contributed by atoms with Gasteiger partial charge in [0.25, 0.3) is 0 Å². The van der Waals surface area contributed by atoms with Crippen molar-refractivity contribution in [2.24, 2.45) is 0 Å². The number of nitrogens with one attached hydrogen (secondary N) is 2. The van der Waals surface area contributed by atoms with E-state index in [2.05, 4.69) is 20.6 Å². The summed E-state index contributed by atoms with van der Waals surface area (Å²) in [5, 5.41) is 23.8. The van der Waals surface area contributed by atoms with Gasteiger partial charge in [0, 0.05) is 48.8 Å². The first-order valence-electron chi connectivity index (χ1n) is 14.0. The molecule has 0 spiro atoms. The summed E-state index contributed by atoms with van der Waals surface area (Å²) in [6.45, 7) is -0.0972. The maximum absolute atomic E-state index is 12.0. The number of rotatable bonds is 12. The number of carbonyl (C=O) groups is 2. The maximum atomic E-state index is 12.0. The van der Waals surface area contributed by atoms with Crippen LogP contribution in [0.4, 0.5) is 11.6 Å². The zero-order valence-corrected chi connectivity index (χ0v) is 27.2. The van der Waals surface area contributed by atoms with Crippen LogP contribution in [0.1, 0.15) is 11.1 Å². The molecule has 4 aromatic rings. The van der Waals surface area contributed by atoms with Crippen LogP contribution in [0.25, 0.3) is 12.2 Å². The molecular formula is C32H32Cl2N6O8. The second kappa shape index (κ2) is 19.0. The van der Waals surface area contributed by atoms with Gasteiger partial charge in [-0.1, -0.05) is 47.5 Å². The van der Waals surface area contributed by atoms with E-state index in [4.69, 9.17) is 42.9 Å². The van der Waals surface area contributed by atoms with Crippen molar-refractivity contribution in [1.29, 1.82) is 0 Å². The number of aliphatic hydroxyl groups excluding tert-OH is 1. The van der Waals surface area contributed by atoms with Crippen molar-refractivity contribution in [1.82, 2.24) is 19.1 Å². The van der Waals surface area contributed by atoms with Gasteiger partial charge >= 0.3 is 11.4 Å². The van der Waals surface area contributed by atoms with Crippen molar-refractivity contribution in [2.45, 2.75) is 25.7 Å². The second-order valence-electron chi connectivity index (χ2n) is 9.63. The quantitative estimate of drug-likeness (QED) is 0.127. The van der Waals surface area contributed by atoms with E-state index in [1.54, 1.807) is 60.7 Å². The number of aliphatic hydroxyl groups is 2. The normalized spacial score (nSPS) is 11.2. The van der Waals surface area contributed by atoms with E-state index in [-0.39, 0.29) is 24.7 Å². The molecule has 2 amide bonds. The Balaban J connectivity index is 0.000000261. The molecule has 16 heteroatoms. The van der Waals surface area contributed by atoms with Crippen molar-refractivity contribution in [3.05, 3.63) is 127 Å². The highest BCUT2D eigenvalue weighted by molar-refractivity contribution is 6.30. The summed E-state index contributed by atoms with van der Waals surface area (Å²) >= 11 is 11.6. The lowest BCUT2D eigenvalue weighted by Gasteiger charge is -2.14. The Hall–Kier alpha value is -4.96. The molecule has 14 nitrogen and oxygen atoms in total. The van der Waals surface area contributed by atoms with Crippen LogP contribution >= 0.6 is 23.2 Å². The Labute approximate surface area is 284 Å². The highest BCUT2D eigenvalue weighted by atomic mass is 35.5. The summed E-state index contributed by atoms with van der Waals surface area (Å²) in [5.41, 5.74) is 0.411. The standard InChI is InChI=1S/C17H18ClN3O4.C15H14ClN3O4/c1-24-16(25-2)11-21-10-9-14(20-17(21)23)19-15(22)8-5-12-3-6-13(18)7-4-12;16-11-4-1-10(2-5-11)3-6-13(20)17-12-7-8-19(9-14(21)22)15(23)18-12/h3-10,16H,11H2,1-2H3,(H,19,20,22,23);1-8,14,21-22H,9H2,(H,17,18,20,23)/b8-5+;6-3+. The van der Waals surface area contributed by atoms with E-state index in [1.807, 2.05) is 0 Å². The number of nitrogens with zero attached hydrogens (tertiary/aromatic N) is 4. The number of methoxy groups -OCH3 is 2. The molecule has 0 radical (unpaired) electrons. The van der Waals surface area contributed by atoms with E-state index in [1.165, 1.54) is 55.5 Å². The van der Waals surface area contributed by atoms with E-state index in [0.717, 1.165) is 15.7 Å². The Bertz CT molecular complexity index is 1840. The highest BCUT2D eigenvalue weighted by Gasteiger charge is 2.09. The summed E-state index contributed by atoms with van der Waals surface area (Å²) in [6, 6.07) is 16.9. The summed E-state index contributed by atoms with van der Waals surface area (Å²) < 4.78 is 12.4. The topological polar surface area (TPSA) is 187 Å². The zero-order valence-electron chi connectivity index (χ0n) is 25.7.